The van der Waals surface area contributed by atoms with Gasteiger partial charge >= 0.3 is 0 Å². The van der Waals surface area contributed by atoms with Gasteiger partial charge in [-0.2, -0.15) is 4.98 Å². The summed E-state index contributed by atoms with van der Waals surface area (Å²) in [6.07, 6.45) is 2.52. The summed E-state index contributed by atoms with van der Waals surface area (Å²) in [5.74, 6) is 2.01. The number of hydrogen-bond donors (Lipinski definition) is 1. The SMILES string of the molecule is CC1CNCC(c2nc(C3CC3)no2)O1. The Morgan fingerprint density at radius 3 is 2.93 bits per heavy atom. The second-order valence-electron chi connectivity index (χ2n) is 4.36. The second-order valence-corrected chi connectivity index (χ2v) is 4.36. The molecule has 1 N–H and O–H groups in total. The summed E-state index contributed by atoms with van der Waals surface area (Å²) in [5.41, 5.74) is 0. The van der Waals surface area contributed by atoms with E-state index in [4.69, 9.17) is 9.26 Å². The zero-order valence-corrected chi connectivity index (χ0v) is 8.77. The molecule has 2 atom stereocenters. The third kappa shape index (κ3) is 1.89. The van der Waals surface area contributed by atoms with Gasteiger partial charge in [-0.15, -0.1) is 0 Å². The predicted octanol–water partition coefficient (Wildman–Crippen LogP) is 0.996. The second kappa shape index (κ2) is 3.57. The lowest BCUT2D eigenvalue weighted by molar-refractivity contribution is -0.0438. The molecule has 5 heteroatoms. The summed E-state index contributed by atoms with van der Waals surface area (Å²) in [4.78, 5) is 4.39. The molecule has 1 saturated heterocycles. The highest BCUT2D eigenvalue weighted by Crippen LogP contribution is 2.38. The Balaban J connectivity index is 1.73. The molecule has 5 nitrogen and oxygen atoms in total. The third-order valence-electron chi connectivity index (χ3n) is 2.83. The molecule has 0 amide bonds. The van der Waals surface area contributed by atoms with Gasteiger partial charge in [-0.1, -0.05) is 5.16 Å². The predicted molar refractivity (Wildman–Crippen MR) is 52.4 cm³/mol. The lowest BCUT2D eigenvalue weighted by Crippen LogP contribution is -2.39. The first-order valence-electron chi connectivity index (χ1n) is 5.52. The van der Waals surface area contributed by atoms with Gasteiger partial charge in [0.25, 0.3) is 5.89 Å². The summed E-state index contributed by atoms with van der Waals surface area (Å²) in [7, 11) is 0. The van der Waals surface area contributed by atoms with Crippen LogP contribution in [0.1, 0.15) is 43.5 Å². The summed E-state index contributed by atoms with van der Waals surface area (Å²) in [5, 5.41) is 7.27. The van der Waals surface area contributed by atoms with Gasteiger partial charge in [0, 0.05) is 19.0 Å². The normalized spacial score (nSPS) is 31.8. The number of hydrogen-bond acceptors (Lipinski definition) is 5. The molecule has 3 rings (SSSR count). The van der Waals surface area contributed by atoms with Gasteiger partial charge in [0.2, 0.25) is 0 Å². The number of morpholine rings is 1. The van der Waals surface area contributed by atoms with Crippen molar-refractivity contribution in [1.29, 1.82) is 0 Å². The zero-order chi connectivity index (χ0) is 10.3. The van der Waals surface area contributed by atoms with E-state index in [9.17, 15) is 0 Å². The minimum atomic E-state index is -0.0752. The van der Waals surface area contributed by atoms with E-state index in [0.29, 0.717) is 11.8 Å². The minimum absolute atomic E-state index is 0.0752. The number of rotatable bonds is 2. The van der Waals surface area contributed by atoms with Crippen LogP contribution in [0.25, 0.3) is 0 Å². The van der Waals surface area contributed by atoms with Gasteiger partial charge in [0.15, 0.2) is 5.82 Å². The molecule has 0 aromatic carbocycles. The van der Waals surface area contributed by atoms with Gasteiger partial charge in [0.05, 0.1) is 6.10 Å². The average Bonchev–Trinajstić information content (AvgIpc) is 2.97. The summed E-state index contributed by atoms with van der Waals surface area (Å²) in [6, 6.07) is 0. The van der Waals surface area contributed by atoms with Crippen LogP contribution in [0.2, 0.25) is 0 Å². The standard InChI is InChI=1S/C10H15N3O2/c1-6-4-11-5-8(14-6)10-12-9(13-15-10)7-2-3-7/h6-8,11H,2-5H2,1H3. The molecular weight excluding hydrogens is 194 g/mol. The topological polar surface area (TPSA) is 60.2 Å². The highest BCUT2D eigenvalue weighted by atomic mass is 16.5. The summed E-state index contributed by atoms with van der Waals surface area (Å²) < 4.78 is 11.0. The molecule has 82 valence electrons. The van der Waals surface area contributed by atoms with Crippen LogP contribution in [0.3, 0.4) is 0 Å². The molecule has 1 aromatic rings. The fourth-order valence-electron chi connectivity index (χ4n) is 1.83. The van der Waals surface area contributed by atoms with Crippen LogP contribution < -0.4 is 5.32 Å². The Bertz CT molecular complexity index is 348. The van der Waals surface area contributed by atoms with Crippen LogP contribution in [0.4, 0.5) is 0 Å². The molecule has 0 radical (unpaired) electrons. The monoisotopic (exact) mass is 209 g/mol. The number of nitrogens with one attached hydrogen (secondary N) is 1. The maximum Gasteiger partial charge on any atom is 0.257 e. The molecule has 2 heterocycles. The fraction of sp³-hybridized carbons (Fsp3) is 0.800. The number of nitrogens with zero attached hydrogens (tertiary/aromatic N) is 2. The number of aromatic nitrogens is 2. The van der Waals surface area contributed by atoms with Crippen molar-refractivity contribution in [2.24, 2.45) is 0 Å². The van der Waals surface area contributed by atoms with Crippen molar-refractivity contribution in [1.82, 2.24) is 15.5 Å². The van der Waals surface area contributed by atoms with Crippen LogP contribution in [-0.4, -0.2) is 29.3 Å². The van der Waals surface area contributed by atoms with E-state index < -0.39 is 0 Å². The molecule has 2 fully saturated rings. The maximum absolute atomic E-state index is 5.73. The number of ether oxygens (including phenoxy) is 1. The van der Waals surface area contributed by atoms with Crippen molar-refractivity contribution in [3.05, 3.63) is 11.7 Å². The van der Waals surface area contributed by atoms with E-state index in [1.165, 1.54) is 12.8 Å². The molecule has 0 spiro atoms. The van der Waals surface area contributed by atoms with Crippen molar-refractivity contribution < 1.29 is 9.26 Å². The van der Waals surface area contributed by atoms with Gasteiger partial charge in [-0.3, -0.25) is 0 Å². The minimum Gasteiger partial charge on any atom is -0.363 e. The van der Waals surface area contributed by atoms with E-state index in [2.05, 4.69) is 15.5 Å². The molecule has 2 aliphatic rings. The Morgan fingerprint density at radius 1 is 1.33 bits per heavy atom. The Hall–Kier alpha value is -0.940. The van der Waals surface area contributed by atoms with Crippen LogP contribution in [0, 0.1) is 0 Å². The van der Waals surface area contributed by atoms with E-state index >= 15 is 0 Å². The van der Waals surface area contributed by atoms with Gasteiger partial charge < -0.3 is 14.6 Å². The smallest absolute Gasteiger partial charge is 0.257 e. The third-order valence-corrected chi connectivity index (χ3v) is 2.83. The van der Waals surface area contributed by atoms with Crippen molar-refractivity contribution >= 4 is 0 Å². The average molecular weight is 209 g/mol. The molecular formula is C10H15N3O2. The van der Waals surface area contributed by atoms with Crippen LogP contribution in [-0.2, 0) is 4.74 Å². The first-order valence-corrected chi connectivity index (χ1v) is 5.52. The maximum atomic E-state index is 5.73. The Labute approximate surface area is 88.2 Å². The molecule has 1 saturated carbocycles. The van der Waals surface area contributed by atoms with Gasteiger partial charge in [0.1, 0.15) is 6.10 Å². The van der Waals surface area contributed by atoms with Crippen molar-refractivity contribution in [2.45, 2.75) is 37.9 Å². The van der Waals surface area contributed by atoms with Crippen LogP contribution in [0.15, 0.2) is 4.52 Å². The quantitative estimate of drug-likeness (QED) is 0.787. The fourth-order valence-corrected chi connectivity index (χ4v) is 1.83. The highest BCUT2D eigenvalue weighted by Gasteiger charge is 2.31. The lowest BCUT2D eigenvalue weighted by Gasteiger charge is -2.25. The first-order chi connectivity index (χ1) is 7.33. The van der Waals surface area contributed by atoms with E-state index in [-0.39, 0.29) is 12.2 Å². The van der Waals surface area contributed by atoms with Gasteiger partial charge in [-0.25, -0.2) is 0 Å². The molecule has 15 heavy (non-hydrogen) atoms. The lowest BCUT2D eigenvalue weighted by atomic mass is 10.2. The van der Waals surface area contributed by atoms with E-state index in [0.717, 1.165) is 18.9 Å². The Morgan fingerprint density at radius 2 is 2.20 bits per heavy atom. The largest absolute Gasteiger partial charge is 0.363 e. The van der Waals surface area contributed by atoms with Crippen LogP contribution >= 0.6 is 0 Å². The summed E-state index contributed by atoms with van der Waals surface area (Å²) in [6.45, 7) is 3.69. The Kier molecular flexibility index (Phi) is 2.21. The zero-order valence-electron chi connectivity index (χ0n) is 8.77. The molecule has 2 unspecified atom stereocenters. The van der Waals surface area contributed by atoms with E-state index in [1.807, 2.05) is 6.92 Å². The first kappa shape index (κ1) is 9.30. The highest BCUT2D eigenvalue weighted by molar-refractivity contribution is 5.04. The molecule has 0 bridgehead atoms. The molecule has 1 aliphatic carbocycles. The van der Waals surface area contributed by atoms with Gasteiger partial charge in [-0.05, 0) is 19.8 Å². The molecule has 1 aromatic heterocycles. The van der Waals surface area contributed by atoms with Crippen LogP contribution in [0.5, 0.6) is 0 Å². The van der Waals surface area contributed by atoms with Crippen molar-refractivity contribution in [2.75, 3.05) is 13.1 Å². The van der Waals surface area contributed by atoms with Crippen molar-refractivity contribution in [3.63, 3.8) is 0 Å². The summed E-state index contributed by atoms with van der Waals surface area (Å²) >= 11 is 0. The van der Waals surface area contributed by atoms with E-state index in [1.54, 1.807) is 0 Å². The van der Waals surface area contributed by atoms with Crippen molar-refractivity contribution in [3.8, 4) is 0 Å². The molecule has 1 aliphatic heterocycles.